The molecule has 3 aromatic heterocycles. The molecule has 0 saturated carbocycles. The van der Waals surface area contributed by atoms with Crippen LogP contribution in [0.15, 0.2) is 238 Å². The van der Waals surface area contributed by atoms with Crippen LogP contribution in [0.25, 0.3) is 0 Å². The van der Waals surface area contributed by atoms with E-state index in [9.17, 15) is 0 Å². The first-order valence-corrected chi connectivity index (χ1v) is 27.1. The monoisotopic (exact) mass is 944 g/mol. The zero-order chi connectivity index (χ0) is 45.6. The van der Waals surface area contributed by atoms with Gasteiger partial charge < -0.3 is 0 Å². The summed E-state index contributed by atoms with van der Waals surface area (Å²) in [5.74, 6) is 0. The number of rotatable bonds is 29. The number of ether oxygens (including phenoxy) is 4. The van der Waals surface area contributed by atoms with Crippen molar-refractivity contribution in [3.05, 3.63) is 247 Å². The van der Waals surface area contributed by atoms with Gasteiger partial charge in [0.1, 0.15) is 0 Å². The van der Waals surface area contributed by atoms with Gasteiger partial charge in [-0.05, 0) is 0 Å². The zero-order valence-electron chi connectivity index (χ0n) is 37.9. The molecule has 0 atom stereocenters. The van der Waals surface area contributed by atoms with Crippen LogP contribution < -0.4 is 13.8 Å². The molecule has 0 aliphatic heterocycles. The van der Waals surface area contributed by atoms with Crippen molar-refractivity contribution in [2.24, 2.45) is 10.8 Å². The molecule has 66 heavy (non-hydrogen) atoms. The molecule has 7 nitrogen and oxygen atoms in total. The molecule has 3 heterocycles. The molecule has 7 rings (SSSR count). The summed E-state index contributed by atoms with van der Waals surface area (Å²) in [6, 6.07) is 53.1. The Labute approximate surface area is 393 Å². The summed E-state index contributed by atoms with van der Waals surface area (Å²) < 4.78 is 48.1. The second kappa shape index (κ2) is 25.1. The molecule has 0 radical (unpaired) electrons. The first-order chi connectivity index (χ1) is 32.5. The average Bonchev–Trinajstić information content (AvgIpc) is 4.19. The molecule has 0 amide bonds. The fourth-order valence-corrected chi connectivity index (χ4v) is 16.4. The summed E-state index contributed by atoms with van der Waals surface area (Å²) in [6.07, 6.45) is 16.3. The topological polar surface area (TPSA) is 76.3 Å². The third kappa shape index (κ3) is 13.6. The molecule has 0 bridgehead atoms. The second-order valence-electron chi connectivity index (χ2n) is 17.1. The Morgan fingerprint density at radius 3 is 1.12 bits per heavy atom. The molecule has 0 fully saturated rings. The Kier molecular flexibility index (Phi) is 18.3. The molecule has 340 valence electrons. The Morgan fingerprint density at radius 2 is 0.788 bits per heavy atom. The average molecular weight is 944 g/mol. The normalized spacial score (nSPS) is 12.5. The van der Waals surface area contributed by atoms with E-state index in [0.717, 1.165) is 41.6 Å². The molecule has 4 aromatic carbocycles. The van der Waals surface area contributed by atoms with Crippen molar-refractivity contribution >= 4 is 27.0 Å². The van der Waals surface area contributed by atoms with E-state index in [-0.39, 0.29) is 0 Å². The van der Waals surface area contributed by atoms with Crippen LogP contribution in [0.3, 0.4) is 0 Å². The fourth-order valence-electron chi connectivity index (χ4n) is 8.56. The van der Waals surface area contributed by atoms with Crippen molar-refractivity contribution < 1.29 is 32.2 Å². The van der Waals surface area contributed by atoms with E-state index in [1.165, 1.54) is 0 Å². The molecule has 8 heteroatoms. The molecule has 0 spiro atoms. The maximum atomic E-state index is 6.68. The molecule has 0 saturated heterocycles. The van der Waals surface area contributed by atoms with Crippen LogP contribution in [0.4, 0.5) is 0 Å². The zero-order valence-corrected chi connectivity index (χ0v) is 40.0. The third-order valence-electron chi connectivity index (χ3n) is 11.8. The van der Waals surface area contributed by atoms with Crippen molar-refractivity contribution in [3.63, 3.8) is 0 Å². The van der Waals surface area contributed by atoms with E-state index >= 15 is 0 Å². The molecule has 0 aliphatic rings. The summed E-state index contributed by atoms with van der Waals surface area (Å²) in [5, 5.41) is 0. The van der Waals surface area contributed by atoms with Gasteiger partial charge in [-0.2, -0.15) is 0 Å². The SMILES string of the molecule is C=CCC(C/C=C/C(=[CH]/[Ge]([c]1ccco1)([c]1ccco1)[c]1ccco1)CC(CC=C)(COCc1ccccc1)COCc1ccccc1)(COCc1ccccc1)COCc1ccccc1. The first-order valence-electron chi connectivity index (χ1n) is 22.7. The molecule has 7 aromatic rings. The number of hydrogen-bond donors (Lipinski definition) is 0. The van der Waals surface area contributed by atoms with Crippen LogP contribution in [-0.2, 0) is 45.4 Å². The van der Waals surface area contributed by atoms with Crippen molar-refractivity contribution in [1.82, 2.24) is 0 Å². The van der Waals surface area contributed by atoms with Gasteiger partial charge in [-0.3, -0.25) is 0 Å². The Balaban J connectivity index is 1.29. The van der Waals surface area contributed by atoms with Crippen LogP contribution in [0.2, 0.25) is 0 Å². The van der Waals surface area contributed by atoms with Gasteiger partial charge in [0.05, 0.1) is 0 Å². The van der Waals surface area contributed by atoms with Crippen LogP contribution in [0.1, 0.15) is 47.9 Å². The van der Waals surface area contributed by atoms with E-state index in [4.69, 9.17) is 32.2 Å². The molecular weight excluding hydrogens is 881 g/mol. The van der Waals surface area contributed by atoms with Crippen LogP contribution in [0, 0.1) is 10.8 Å². The van der Waals surface area contributed by atoms with E-state index in [1.807, 2.05) is 103 Å². The van der Waals surface area contributed by atoms with Gasteiger partial charge in [0, 0.05) is 0 Å². The van der Waals surface area contributed by atoms with Crippen molar-refractivity contribution in [2.75, 3.05) is 26.4 Å². The van der Waals surface area contributed by atoms with Gasteiger partial charge in [0.25, 0.3) is 0 Å². The van der Waals surface area contributed by atoms with Gasteiger partial charge >= 0.3 is 383 Å². The van der Waals surface area contributed by atoms with E-state index in [2.05, 4.69) is 96.9 Å². The summed E-state index contributed by atoms with van der Waals surface area (Å²) in [4.78, 5) is 2.41. The summed E-state index contributed by atoms with van der Waals surface area (Å²) in [6.45, 7) is 12.2. The minimum atomic E-state index is -3.99. The minimum absolute atomic E-state index is 0.412. The van der Waals surface area contributed by atoms with Gasteiger partial charge in [-0.25, -0.2) is 0 Å². The summed E-state index contributed by atoms with van der Waals surface area (Å²) in [7, 11) is 0. The van der Waals surface area contributed by atoms with Gasteiger partial charge in [-0.15, -0.1) is 0 Å². The summed E-state index contributed by atoms with van der Waals surface area (Å²) >= 11 is -3.99. The summed E-state index contributed by atoms with van der Waals surface area (Å²) in [5.41, 5.74) is 4.61. The van der Waals surface area contributed by atoms with Gasteiger partial charge in [0.15, 0.2) is 0 Å². The Bertz CT molecular complexity index is 2280. The molecule has 0 aliphatic carbocycles. The Hall–Kier alpha value is -5.94. The van der Waals surface area contributed by atoms with E-state index in [1.54, 1.807) is 18.8 Å². The Morgan fingerprint density at radius 1 is 0.439 bits per heavy atom. The number of benzene rings is 4. The number of allylic oxidation sites excluding steroid dienone is 5. The molecule has 0 unspecified atom stereocenters. The van der Waals surface area contributed by atoms with E-state index < -0.39 is 24.1 Å². The quantitative estimate of drug-likeness (QED) is 0.0263. The number of furan rings is 3. The fraction of sp³-hybridized carbons (Fsp3) is 0.241. The second-order valence-corrected chi connectivity index (χ2v) is 24.2. The van der Waals surface area contributed by atoms with Crippen molar-refractivity contribution in [1.29, 1.82) is 0 Å². The van der Waals surface area contributed by atoms with Crippen LogP contribution >= 0.6 is 0 Å². The van der Waals surface area contributed by atoms with Gasteiger partial charge in [0.2, 0.25) is 0 Å². The van der Waals surface area contributed by atoms with Gasteiger partial charge in [-0.1, -0.05) is 12.1 Å². The van der Waals surface area contributed by atoms with Crippen molar-refractivity contribution in [3.8, 4) is 0 Å². The molecule has 0 N–H and O–H groups in total. The predicted octanol–water partition coefficient (Wildman–Crippen LogP) is 11.7. The predicted molar refractivity (Wildman–Crippen MR) is 266 cm³/mol. The van der Waals surface area contributed by atoms with Crippen LogP contribution in [0.5, 0.6) is 0 Å². The third-order valence-corrected chi connectivity index (χ3v) is 20.2. The number of hydrogen-bond acceptors (Lipinski definition) is 7. The standard InChI is InChI=1S/C58H62GeO7/c1-3-33-57(45-60-41-49-21-9-5-10-22-49,46-61-42-50-23-11-6-12-24-50)35-17-29-53(40-59(54-30-18-36-64-54,55-31-19-37-65-55)56-32-20-38-66-56)39-58(34-4-2,47-62-43-51-25-13-7-14-26-51)48-63-44-52-27-15-8-16-28-52/h3-32,36-38,40H,1-2,33-35,39,41-48H2/b29-17+,53-40-. The maximum absolute atomic E-state index is 6.68. The first kappa shape index (κ1) is 48.0. The van der Waals surface area contributed by atoms with Crippen LogP contribution in [-0.4, -0.2) is 39.7 Å². The van der Waals surface area contributed by atoms with E-state index in [0.29, 0.717) is 78.5 Å². The molecular formula is C58H62GeO7. The van der Waals surface area contributed by atoms with Crippen molar-refractivity contribution in [2.45, 2.75) is 52.1 Å².